The summed E-state index contributed by atoms with van der Waals surface area (Å²) in [5.41, 5.74) is 5.89. The molecule has 0 spiro atoms. The van der Waals surface area contributed by atoms with Crippen LogP contribution in [0.15, 0.2) is 18.5 Å². The lowest BCUT2D eigenvalue weighted by Gasteiger charge is -2.08. The highest BCUT2D eigenvalue weighted by Gasteiger charge is 2.08. The van der Waals surface area contributed by atoms with Gasteiger partial charge >= 0.3 is 5.97 Å². The fourth-order valence-electron chi connectivity index (χ4n) is 1.34. The van der Waals surface area contributed by atoms with Crippen molar-refractivity contribution in [2.75, 3.05) is 11.9 Å². The van der Waals surface area contributed by atoms with Gasteiger partial charge in [-0.1, -0.05) is 6.92 Å². The fraction of sp³-hybridized carbons (Fsp3) is 0.417. The lowest BCUT2D eigenvalue weighted by atomic mass is 10.1. The number of hydrogen-bond donors (Lipinski definition) is 3. The number of carboxylic acid groups (broad SMARTS) is 1. The molecule has 18 heavy (non-hydrogen) atoms. The van der Waals surface area contributed by atoms with Gasteiger partial charge in [0.2, 0.25) is 5.91 Å². The van der Waals surface area contributed by atoms with E-state index < -0.39 is 5.97 Å². The van der Waals surface area contributed by atoms with Crippen LogP contribution in [0.1, 0.15) is 30.1 Å². The molecule has 1 heterocycles. The normalized spacial score (nSPS) is 11.9. The second-order valence-corrected chi connectivity index (χ2v) is 4.20. The smallest absolute Gasteiger partial charge is 0.337 e. The average molecular weight is 251 g/mol. The molecule has 0 fully saturated rings. The third kappa shape index (κ3) is 4.50. The molecular formula is C12H17N3O3. The number of carbonyl (C=O) groups excluding carboxylic acids is 1. The van der Waals surface area contributed by atoms with E-state index in [1.807, 2.05) is 6.92 Å². The van der Waals surface area contributed by atoms with E-state index in [0.29, 0.717) is 31.0 Å². The third-order valence-electron chi connectivity index (χ3n) is 2.54. The molecule has 6 heteroatoms. The van der Waals surface area contributed by atoms with Crippen LogP contribution in [0.2, 0.25) is 0 Å². The standard InChI is InChI=1S/C12H17N3O3/c1-8(5-13)2-3-11(16)15-10-4-9(12(17)18)6-14-7-10/h4,6-8H,2-3,5,13H2,1H3,(H,15,16)(H,17,18). The summed E-state index contributed by atoms with van der Waals surface area (Å²) in [7, 11) is 0. The first kappa shape index (κ1) is 14.1. The van der Waals surface area contributed by atoms with Gasteiger partial charge in [-0.25, -0.2) is 4.79 Å². The zero-order valence-corrected chi connectivity index (χ0v) is 10.2. The van der Waals surface area contributed by atoms with Crippen molar-refractivity contribution in [3.05, 3.63) is 24.0 Å². The number of nitrogens with zero attached hydrogens (tertiary/aromatic N) is 1. The lowest BCUT2D eigenvalue weighted by Crippen LogP contribution is -2.16. The van der Waals surface area contributed by atoms with Crippen molar-refractivity contribution in [3.8, 4) is 0 Å². The highest BCUT2D eigenvalue weighted by Crippen LogP contribution is 2.10. The second kappa shape index (κ2) is 6.70. The summed E-state index contributed by atoms with van der Waals surface area (Å²) in [5, 5.41) is 11.4. The Morgan fingerprint density at radius 1 is 1.50 bits per heavy atom. The van der Waals surface area contributed by atoms with Crippen LogP contribution in [0.4, 0.5) is 5.69 Å². The number of rotatable bonds is 6. The van der Waals surface area contributed by atoms with Crippen molar-refractivity contribution in [2.24, 2.45) is 11.7 Å². The maximum Gasteiger partial charge on any atom is 0.337 e. The van der Waals surface area contributed by atoms with Crippen LogP contribution in [0.25, 0.3) is 0 Å². The Morgan fingerprint density at radius 3 is 2.83 bits per heavy atom. The van der Waals surface area contributed by atoms with Gasteiger partial charge in [0.1, 0.15) is 0 Å². The Hall–Kier alpha value is -1.95. The van der Waals surface area contributed by atoms with E-state index in [1.54, 1.807) is 0 Å². The van der Waals surface area contributed by atoms with Crippen molar-refractivity contribution in [1.29, 1.82) is 0 Å². The number of carboxylic acids is 1. The first-order chi connectivity index (χ1) is 8.52. The maximum absolute atomic E-state index is 11.6. The van der Waals surface area contributed by atoms with Gasteiger partial charge in [-0.15, -0.1) is 0 Å². The van der Waals surface area contributed by atoms with Crippen molar-refractivity contribution in [2.45, 2.75) is 19.8 Å². The SMILES string of the molecule is CC(CN)CCC(=O)Nc1cncc(C(=O)O)c1. The quantitative estimate of drug-likeness (QED) is 0.702. The first-order valence-corrected chi connectivity index (χ1v) is 5.71. The molecule has 1 atom stereocenters. The van der Waals surface area contributed by atoms with Crippen LogP contribution in [0.3, 0.4) is 0 Å². The summed E-state index contributed by atoms with van der Waals surface area (Å²) in [6.45, 7) is 2.52. The lowest BCUT2D eigenvalue weighted by molar-refractivity contribution is -0.116. The van der Waals surface area contributed by atoms with Crippen molar-refractivity contribution >= 4 is 17.6 Å². The van der Waals surface area contributed by atoms with Crippen LogP contribution in [-0.2, 0) is 4.79 Å². The summed E-state index contributed by atoms with van der Waals surface area (Å²) < 4.78 is 0. The van der Waals surface area contributed by atoms with Gasteiger partial charge < -0.3 is 16.2 Å². The summed E-state index contributed by atoms with van der Waals surface area (Å²) in [5.74, 6) is -0.950. The van der Waals surface area contributed by atoms with E-state index in [4.69, 9.17) is 10.8 Å². The summed E-state index contributed by atoms with van der Waals surface area (Å²) >= 11 is 0. The first-order valence-electron chi connectivity index (χ1n) is 5.71. The number of aromatic nitrogens is 1. The fourth-order valence-corrected chi connectivity index (χ4v) is 1.34. The number of hydrogen-bond acceptors (Lipinski definition) is 4. The molecule has 6 nitrogen and oxygen atoms in total. The van der Waals surface area contributed by atoms with Gasteiger partial charge in [0.25, 0.3) is 0 Å². The predicted molar refractivity (Wildman–Crippen MR) is 67.3 cm³/mol. The molecule has 1 unspecified atom stereocenters. The van der Waals surface area contributed by atoms with Crippen LogP contribution < -0.4 is 11.1 Å². The Labute approximate surface area is 105 Å². The molecule has 0 saturated heterocycles. The Balaban J connectivity index is 2.54. The highest BCUT2D eigenvalue weighted by atomic mass is 16.4. The molecule has 0 radical (unpaired) electrons. The molecule has 0 aliphatic rings. The van der Waals surface area contributed by atoms with Gasteiger partial charge in [-0.2, -0.15) is 0 Å². The summed E-state index contributed by atoms with van der Waals surface area (Å²) in [6, 6.07) is 1.37. The van der Waals surface area contributed by atoms with Gasteiger partial charge in [-0.3, -0.25) is 9.78 Å². The van der Waals surface area contributed by atoms with E-state index in [1.165, 1.54) is 18.5 Å². The van der Waals surface area contributed by atoms with E-state index in [2.05, 4.69) is 10.3 Å². The molecule has 0 bridgehead atoms. The van der Waals surface area contributed by atoms with E-state index in [-0.39, 0.29) is 11.5 Å². The zero-order valence-electron chi connectivity index (χ0n) is 10.2. The molecule has 0 aliphatic carbocycles. The van der Waals surface area contributed by atoms with Gasteiger partial charge in [0.05, 0.1) is 17.4 Å². The Bertz CT molecular complexity index is 434. The van der Waals surface area contributed by atoms with Crippen LogP contribution in [0.5, 0.6) is 0 Å². The Morgan fingerprint density at radius 2 is 2.22 bits per heavy atom. The number of aromatic carboxylic acids is 1. The molecular weight excluding hydrogens is 234 g/mol. The molecule has 1 aromatic rings. The summed E-state index contributed by atoms with van der Waals surface area (Å²) in [6.07, 6.45) is 3.70. The molecule has 4 N–H and O–H groups in total. The Kier molecular flexibility index (Phi) is 5.26. The van der Waals surface area contributed by atoms with Crippen molar-refractivity contribution in [3.63, 3.8) is 0 Å². The minimum absolute atomic E-state index is 0.0446. The van der Waals surface area contributed by atoms with Crippen LogP contribution >= 0.6 is 0 Å². The van der Waals surface area contributed by atoms with Crippen molar-refractivity contribution in [1.82, 2.24) is 4.98 Å². The van der Waals surface area contributed by atoms with Crippen LogP contribution in [-0.4, -0.2) is 28.5 Å². The zero-order chi connectivity index (χ0) is 13.5. The molecule has 0 aliphatic heterocycles. The minimum Gasteiger partial charge on any atom is -0.478 e. The number of nitrogens with two attached hydrogens (primary N) is 1. The van der Waals surface area contributed by atoms with Gasteiger partial charge in [-0.05, 0) is 24.9 Å². The monoisotopic (exact) mass is 251 g/mol. The molecule has 1 rings (SSSR count). The van der Waals surface area contributed by atoms with E-state index in [9.17, 15) is 9.59 Å². The molecule has 1 amide bonds. The molecule has 1 aromatic heterocycles. The number of nitrogens with one attached hydrogen (secondary N) is 1. The maximum atomic E-state index is 11.6. The molecule has 98 valence electrons. The van der Waals surface area contributed by atoms with Crippen LogP contribution in [0, 0.1) is 5.92 Å². The number of anilines is 1. The molecule has 0 aromatic carbocycles. The number of carbonyl (C=O) groups is 2. The van der Waals surface area contributed by atoms with E-state index in [0.717, 1.165) is 0 Å². The number of amides is 1. The highest BCUT2D eigenvalue weighted by molar-refractivity contribution is 5.93. The second-order valence-electron chi connectivity index (χ2n) is 4.20. The van der Waals surface area contributed by atoms with Crippen molar-refractivity contribution < 1.29 is 14.7 Å². The average Bonchev–Trinajstić information content (AvgIpc) is 2.36. The largest absolute Gasteiger partial charge is 0.478 e. The topological polar surface area (TPSA) is 105 Å². The minimum atomic E-state index is -1.07. The van der Waals surface area contributed by atoms with Gasteiger partial charge in [0.15, 0.2) is 0 Å². The third-order valence-corrected chi connectivity index (χ3v) is 2.54. The predicted octanol–water partition coefficient (Wildman–Crippen LogP) is 1.09. The summed E-state index contributed by atoms with van der Waals surface area (Å²) in [4.78, 5) is 26.1. The van der Waals surface area contributed by atoms with E-state index >= 15 is 0 Å². The molecule has 0 saturated carbocycles. The van der Waals surface area contributed by atoms with Gasteiger partial charge in [0, 0.05) is 12.6 Å². The number of pyridine rings is 1.